The summed E-state index contributed by atoms with van der Waals surface area (Å²) in [4.78, 5) is 0. The lowest BCUT2D eigenvalue weighted by molar-refractivity contribution is 0.308. The van der Waals surface area contributed by atoms with Crippen LogP contribution in [0.4, 0.5) is 0 Å². The number of aromatic hydroxyl groups is 2. The minimum Gasteiger partial charge on any atom is -0.508 e. The molecule has 3 rings (SSSR count). The molecule has 0 aliphatic carbocycles. The van der Waals surface area contributed by atoms with Crippen LogP contribution >= 0.6 is 0 Å². The Bertz CT molecular complexity index is 821. The third kappa shape index (κ3) is 4.08. The molecule has 0 unspecified atom stereocenters. The van der Waals surface area contributed by atoms with Crippen molar-refractivity contribution in [3.8, 4) is 17.4 Å². The molecule has 0 aliphatic rings. The Morgan fingerprint density at radius 3 is 2.56 bits per heavy atom. The second-order valence-corrected chi connectivity index (χ2v) is 6.34. The van der Waals surface area contributed by atoms with Gasteiger partial charge in [-0.3, -0.25) is 0 Å². The first kappa shape index (κ1) is 17.2. The lowest BCUT2D eigenvalue weighted by Gasteiger charge is -2.08. The number of hydrogen-bond acceptors (Lipinski definition) is 3. The van der Waals surface area contributed by atoms with Gasteiger partial charge in [0.15, 0.2) is 0 Å². The van der Waals surface area contributed by atoms with E-state index in [1.165, 1.54) is 0 Å². The normalized spacial score (nSPS) is 11.1. The number of phenols is 1. The first-order chi connectivity index (χ1) is 12.2. The van der Waals surface area contributed by atoms with E-state index in [2.05, 4.69) is 6.92 Å². The summed E-state index contributed by atoms with van der Waals surface area (Å²) in [7, 11) is 0. The quantitative estimate of drug-likeness (QED) is 0.576. The number of ether oxygens (including phenoxy) is 1. The highest BCUT2D eigenvalue weighted by Gasteiger charge is 2.13. The molecule has 0 saturated carbocycles. The van der Waals surface area contributed by atoms with Crippen molar-refractivity contribution in [2.75, 3.05) is 6.61 Å². The number of nitrogens with zero attached hydrogens (tertiary/aromatic N) is 1. The van der Waals surface area contributed by atoms with Gasteiger partial charge in [0.05, 0.1) is 12.0 Å². The monoisotopic (exact) mass is 339 g/mol. The molecule has 132 valence electrons. The Morgan fingerprint density at radius 1 is 1.00 bits per heavy atom. The summed E-state index contributed by atoms with van der Waals surface area (Å²) in [6, 6.07) is 13.0. The van der Waals surface area contributed by atoms with E-state index in [9.17, 15) is 10.2 Å². The Kier molecular flexibility index (Phi) is 5.49. The van der Waals surface area contributed by atoms with Crippen LogP contribution in [0.3, 0.4) is 0 Å². The zero-order valence-corrected chi connectivity index (χ0v) is 14.6. The predicted octanol–water partition coefficient (Wildman–Crippen LogP) is 4.86. The van der Waals surface area contributed by atoms with Crippen LogP contribution in [-0.2, 0) is 13.0 Å². The van der Waals surface area contributed by atoms with Gasteiger partial charge in [0, 0.05) is 18.1 Å². The van der Waals surface area contributed by atoms with Crippen LogP contribution in [-0.4, -0.2) is 21.4 Å². The molecule has 2 N–H and O–H groups in total. The fourth-order valence-electron chi connectivity index (χ4n) is 3.00. The van der Waals surface area contributed by atoms with Crippen molar-refractivity contribution in [1.29, 1.82) is 0 Å². The van der Waals surface area contributed by atoms with Gasteiger partial charge >= 0.3 is 0 Å². The number of phenolic OH excluding ortho intramolecular Hbond substituents is 1. The molecule has 0 spiro atoms. The Hall–Kier alpha value is -2.62. The van der Waals surface area contributed by atoms with Gasteiger partial charge in [0.1, 0.15) is 11.5 Å². The topological polar surface area (TPSA) is 54.6 Å². The maximum atomic E-state index is 10.6. The van der Waals surface area contributed by atoms with Crippen LogP contribution in [0.25, 0.3) is 10.8 Å². The summed E-state index contributed by atoms with van der Waals surface area (Å²) in [6.45, 7) is 3.51. The zero-order chi connectivity index (χ0) is 17.6. The van der Waals surface area contributed by atoms with Crippen LogP contribution in [0.1, 0.15) is 31.7 Å². The highest BCUT2D eigenvalue weighted by atomic mass is 16.5. The summed E-state index contributed by atoms with van der Waals surface area (Å²) >= 11 is 0. The number of hydrogen-bond donors (Lipinski definition) is 2. The van der Waals surface area contributed by atoms with Crippen LogP contribution < -0.4 is 4.74 Å². The van der Waals surface area contributed by atoms with Gasteiger partial charge in [-0.15, -0.1) is 0 Å². The molecule has 0 radical (unpaired) electrons. The van der Waals surface area contributed by atoms with Gasteiger partial charge in [-0.2, -0.15) is 0 Å². The molecule has 0 aliphatic heterocycles. The maximum absolute atomic E-state index is 10.6. The van der Waals surface area contributed by atoms with E-state index in [0.29, 0.717) is 13.2 Å². The van der Waals surface area contributed by atoms with Gasteiger partial charge in [-0.25, -0.2) is 0 Å². The van der Waals surface area contributed by atoms with Crippen LogP contribution in [0.15, 0.2) is 48.7 Å². The molecule has 0 saturated heterocycles. The average Bonchev–Trinajstić information content (AvgIpc) is 2.95. The molecular weight excluding hydrogens is 314 g/mol. The van der Waals surface area contributed by atoms with E-state index in [-0.39, 0.29) is 11.6 Å². The highest BCUT2D eigenvalue weighted by molar-refractivity contribution is 5.93. The van der Waals surface area contributed by atoms with E-state index in [0.717, 1.165) is 47.8 Å². The lowest BCUT2D eigenvalue weighted by Crippen LogP contribution is -1.99. The third-order valence-corrected chi connectivity index (χ3v) is 4.43. The summed E-state index contributed by atoms with van der Waals surface area (Å²) in [6.07, 6.45) is 6.07. The van der Waals surface area contributed by atoms with Crippen molar-refractivity contribution in [2.24, 2.45) is 0 Å². The number of benzene rings is 2. The van der Waals surface area contributed by atoms with E-state index in [1.807, 2.05) is 41.1 Å². The number of rotatable bonds is 8. The standard InChI is InChI=1S/C21H25NO3/c1-2-3-4-14-25-19-7-5-6-17-15-22(21(24)20(17)19)13-12-16-8-10-18(23)11-9-16/h5-11,15,23-24H,2-4,12-14H2,1H3. The number of fused-ring (bicyclic) bond motifs is 1. The molecule has 4 heteroatoms. The largest absolute Gasteiger partial charge is 0.508 e. The summed E-state index contributed by atoms with van der Waals surface area (Å²) < 4.78 is 7.75. The average molecular weight is 339 g/mol. The van der Waals surface area contributed by atoms with Crippen molar-refractivity contribution < 1.29 is 14.9 Å². The van der Waals surface area contributed by atoms with Gasteiger partial charge in [0.25, 0.3) is 0 Å². The highest BCUT2D eigenvalue weighted by Crippen LogP contribution is 2.35. The van der Waals surface area contributed by atoms with E-state index >= 15 is 0 Å². The molecule has 0 fully saturated rings. The molecule has 0 bridgehead atoms. The molecule has 0 amide bonds. The Labute approximate surface area is 148 Å². The molecule has 25 heavy (non-hydrogen) atoms. The summed E-state index contributed by atoms with van der Waals surface area (Å²) in [5.74, 6) is 1.26. The molecule has 1 heterocycles. The van der Waals surface area contributed by atoms with Crippen molar-refractivity contribution in [3.63, 3.8) is 0 Å². The zero-order valence-electron chi connectivity index (χ0n) is 14.6. The fraction of sp³-hybridized carbons (Fsp3) is 0.333. The first-order valence-corrected chi connectivity index (χ1v) is 8.90. The van der Waals surface area contributed by atoms with Crippen LogP contribution in [0.2, 0.25) is 0 Å². The Balaban J connectivity index is 1.75. The second kappa shape index (κ2) is 7.97. The van der Waals surface area contributed by atoms with Gasteiger partial charge in [-0.1, -0.05) is 44.0 Å². The van der Waals surface area contributed by atoms with Gasteiger partial charge in [0.2, 0.25) is 5.88 Å². The summed E-state index contributed by atoms with van der Waals surface area (Å²) in [5.41, 5.74) is 1.12. The van der Waals surface area contributed by atoms with E-state index < -0.39 is 0 Å². The molecule has 0 atom stereocenters. The van der Waals surface area contributed by atoms with Crippen molar-refractivity contribution in [2.45, 2.75) is 39.2 Å². The number of aromatic nitrogens is 1. The minimum absolute atomic E-state index is 0.250. The van der Waals surface area contributed by atoms with Gasteiger partial charge in [-0.05, 0) is 36.6 Å². The molecule has 2 aromatic carbocycles. The van der Waals surface area contributed by atoms with Gasteiger partial charge < -0.3 is 19.5 Å². The fourth-order valence-corrected chi connectivity index (χ4v) is 3.00. The minimum atomic E-state index is 0.250. The molecular formula is C21H25NO3. The predicted molar refractivity (Wildman–Crippen MR) is 100 cm³/mol. The number of unbranched alkanes of at least 4 members (excludes halogenated alkanes) is 2. The second-order valence-electron chi connectivity index (χ2n) is 6.34. The number of aryl methyl sites for hydroxylation is 2. The molecule has 3 aromatic rings. The lowest BCUT2D eigenvalue weighted by atomic mass is 10.1. The first-order valence-electron chi connectivity index (χ1n) is 8.90. The SMILES string of the molecule is CCCCCOc1cccc2cn(CCc3ccc(O)cc3)c(O)c12. The van der Waals surface area contributed by atoms with Crippen molar-refractivity contribution >= 4 is 10.8 Å². The third-order valence-electron chi connectivity index (χ3n) is 4.43. The van der Waals surface area contributed by atoms with E-state index in [4.69, 9.17) is 4.74 Å². The molecule has 1 aromatic heterocycles. The van der Waals surface area contributed by atoms with Crippen LogP contribution in [0, 0.1) is 0 Å². The van der Waals surface area contributed by atoms with Crippen molar-refractivity contribution in [3.05, 3.63) is 54.2 Å². The van der Waals surface area contributed by atoms with Crippen molar-refractivity contribution in [1.82, 2.24) is 4.57 Å². The summed E-state index contributed by atoms with van der Waals surface area (Å²) in [5, 5.41) is 21.8. The van der Waals surface area contributed by atoms with Crippen LogP contribution in [0.5, 0.6) is 17.4 Å². The van der Waals surface area contributed by atoms with E-state index in [1.54, 1.807) is 12.1 Å². The smallest absolute Gasteiger partial charge is 0.202 e. The maximum Gasteiger partial charge on any atom is 0.202 e. The Morgan fingerprint density at radius 2 is 1.80 bits per heavy atom. The molecule has 4 nitrogen and oxygen atoms in total.